The summed E-state index contributed by atoms with van der Waals surface area (Å²) in [6.45, 7) is 9.98. The molecule has 108 valence electrons. The van der Waals surface area contributed by atoms with Gasteiger partial charge in [-0.25, -0.2) is 0 Å². The van der Waals surface area contributed by atoms with E-state index in [4.69, 9.17) is 22.1 Å². The van der Waals surface area contributed by atoms with Crippen molar-refractivity contribution in [3.05, 3.63) is 28.8 Å². The Bertz CT molecular complexity index is 378. The number of ether oxygens (including phenoxy) is 1. The van der Waals surface area contributed by atoms with Gasteiger partial charge < -0.3 is 15.4 Å². The Morgan fingerprint density at radius 1 is 1.32 bits per heavy atom. The van der Waals surface area contributed by atoms with Crippen molar-refractivity contribution in [2.24, 2.45) is 5.73 Å². The van der Waals surface area contributed by atoms with E-state index in [0.29, 0.717) is 6.61 Å². The maximum Gasteiger partial charge on any atom is 0.124 e. The van der Waals surface area contributed by atoms with Crippen molar-refractivity contribution in [3.8, 4) is 5.75 Å². The third-order valence-corrected chi connectivity index (χ3v) is 3.52. The Balaban J connectivity index is 2.64. The summed E-state index contributed by atoms with van der Waals surface area (Å²) in [5.74, 6) is 0.858. The first-order valence-electron chi connectivity index (χ1n) is 6.96. The normalized spacial score (nSPS) is 12.7. The summed E-state index contributed by atoms with van der Waals surface area (Å²) >= 11 is 6.22. The first kappa shape index (κ1) is 16.3. The van der Waals surface area contributed by atoms with Gasteiger partial charge in [-0.2, -0.15) is 0 Å². The van der Waals surface area contributed by atoms with E-state index >= 15 is 0 Å². The van der Waals surface area contributed by atoms with Crippen LogP contribution in [0.15, 0.2) is 18.2 Å². The highest BCUT2D eigenvalue weighted by Crippen LogP contribution is 2.27. The maximum absolute atomic E-state index is 6.22. The molecule has 0 aliphatic heterocycles. The molecule has 1 rings (SSSR count). The van der Waals surface area contributed by atoms with Crippen molar-refractivity contribution >= 4 is 11.6 Å². The summed E-state index contributed by atoms with van der Waals surface area (Å²) in [6.07, 6.45) is 0.736. The highest BCUT2D eigenvalue weighted by Gasteiger charge is 2.10. The van der Waals surface area contributed by atoms with Crippen LogP contribution in [-0.4, -0.2) is 37.2 Å². The van der Waals surface area contributed by atoms with Gasteiger partial charge in [-0.05, 0) is 38.6 Å². The number of nitrogens with zero attached hydrogens (tertiary/aromatic N) is 1. The standard InChI is InChI=1S/C15H25ClN2O/c1-4-18(5-2)9-10-19-15-8-6-7-14(16)13(15)11-12(3)17/h6-8,12H,4-5,9-11,17H2,1-3H3. The number of likely N-dealkylation sites (N-methyl/N-ethyl adjacent to an activating group) is 1. The minimum Gasteiger partial charge on any atom is -0.492 e. The molecule has 0 fully saturated rings. The third-order valence-electron chi connectivity index (χ3n) is 3.16. The number of nitrogens with two attached hydrogens (primary N) is 1. The molecule has 19 heavy (non-hydrogen) atoms. The molecular formula is C15H25ClN2O. The van der Waals surface area contributed by atoms with E-state index in [1.54, 1.807) is 0 Å². The summed E-state index contributed by atoms with van der Waals surface area (Å²) in [5.41, 5.74) is 6.87. The van der Waals surface area contributed by atoms with Gasteiger partial charge in [-0.15, -0.1) is 0 Å². The molecule has 0 spiro atoms. The number of benzene rings is 1. The Morgan fingerprint density at radius 2 is 2.00 bits per heavy atom. The van der Waals surface area contributed by atoms with Crippen LogP contribution in [0, 0.1) is 0 Å². The highest BCUT2D eigenvalue weighted by atomic mass is 35.5. The second kappa shape index (κ2) is 8.41. The zero-order valence-corrected chi connectivity index (χ0v) is 12.9. The van der Waals surface area contributed by atoms with Crippen molar-refractivity contribution in [2.45, 2.75) is 33.2 Å². The largest absolute Gasteiger partial charge is 0.492 e. The molecule has 0 saturated heterocycles. The Hall–Kier alpha value is -0.770. The second-order valence-electron chi connectivity index (χ2n) is 4.77. The maximum atomic E-state index is 6.22. The Morgan fingerprint density at radius 3 is 2.58 bits per heavy atom. The molecule has 1 aromatic rings. The van der Waals surface area contributed by atoms with Crippen LogP contribution in [0.3, 0.4) is 0 Å². The molecule has 0 heterocycles. The van der Waals surface area contributed by atoms with Gasteiger partial charge in [-0.3, -0.25) is 0 Å². The molecule has 0 saturated carbocycles. The lowest BCUT2D eigenvalue weighted by Gasteiger charge is -2.19. The molecule has 3 nitrogen and oxygen atoms in total. The van der Waals surface area contributed by atoms with Crippen LogP contribution in [0.1, 0.15) is 26.3 Å². The predicted molar refractivity (Wildman–Crippen MR) is 82.1 cm³/mol. The third kappa shape index (κ3) is 5.39. The molecule has 0 bridgehead atoms. The van der Waals surface area contributed by atoms with Gasteiger partial charge in [0, 0.05) is 23.2 Å². The van der Waals surface area contributed by atoms with Crippen molar-refractivity contribution in [2.75, 3.05) is 26.2 Å². The molecule has 0 radical (unpaired) electrons. The van der Waals surface area contributed by atoms with E-state index < -0.39 is 0 Å². The number of hydrogen-bond acceptors (Lipinski definition) is 3. The summed E-state index contributed by atoms with van der Waals surface area (Å²) in [5, 5.41) is 0.734. The minimum absolute atomic E-state index is 0.0741. The molecule has 1 unspecified atom stereocenters. The lowest BCUT2D eigenvalue weighted by atomic mass is 10.1. The number of rotatable bonds is 8. The molecule has 1 aromatic carbocycles. The van der Waals surface area contributed by atoms with Gasteiger partial charge in [0.2, 0.25) is 0 Å². The lowest BCUT2D eigenvalue weighted by molar-refractivity contribution is 0.221. The van der Waals surface area contributed by atoms with E-state index in [1.807, 2.05) is 25.1 Å². The van der Waals surface area contributed by atoms with Gasteiger partial charge in [0.15, 0.2) is 0 Å². The van der Waals surface area contributed by atoms with Crippen LogP contribution in [0.5, 0.6) is 5.75 Å². The molecule has 1 atom stereocenters. The summed E-state index contributed by atoms with van der Waals surface area (Å²) in [4.78, 5) is 2.33. The molecule has 0 aliphatic carbocycles. The SMILES string of the molecule is CCN(CC)CCOc1cccc(Cl)c1CC(C)N. The predicted octanol–water partition coefficient (Wildman–Crippen LogP) is 2.95. The van der Waals surface area contributed by atoms with Crippen molar-refractivity contribution < 1.29 is 4.74 Å². The van der Waals surface area contributed by atoms with E-state index in [-0.39, 0.29) is 6.04 Å². The fourth-order valence-electron chi connectivity index (χ4n) is 2.02. The molecule has 0 aromatic heterocycles. The van der Waals surface area contributed by atoms with Crippen LogP contribution in [0.25, 0.3) is 0 Å². The van der Waals surface area contributed by atoms with Crippen LogP contribution in [0.2, 0.25) is 5.02 Å². The van der Waals surface area contributed by atoms with E-state index in [0.717, 1.165) is 42.4 Å². The van der Waals surface area contributed by atoms with Crippen molar-refractivity contribution in [3.63, 3.8) is 0 Å². The number of hydrogen-bond donors (Lipinski definition) is 1. The molecule has 4 heteroatoms. The van der Waals surface area contributed by atoms with Gasteiger partial charge in [0.05, 0.1) is 0 Å². The van der Waals surface area contributed by atoms with E-state index in [1.165, 1.54) is 0 Å². The quantitative estimate of drug-likeness (QED) is 0.798. The molecule has 2 N–H and O–H groups in total. The topological polar surface area (TPSA) is 38.5 Å². The Kier molecular flexibility index (Phi) is 7.21. The first-order valence-corrected chi connectivity index (χ1v) is 7.34. The lowest BCUT2D eigenvalue weighted by Crippen LogP contribution is -2.28. The summed E-state index contributed by atoms with van der Waals surface area (Å²) < 4.78 is 5.87. The second-order valence-corrected chi connectivity index (χ2v) is 5.18. The zero-order valence-electron chi connectivity index (χ0n) is 12.2. The molecule has 0 aliphatic rings. The van der Waals surface area contributed by atoms with Gasteiger partial charge in [-0.1, -0.05) is 31.5 Å². The summed E-state index contributed by atoms with van der Waals surface area (Å²) in [6, 6.07) is 5.84. The smallest absolute Gasteiger partial charge is 0.124 e. The van der Waals surface area contributed by atoms with Crippen LogP contribution in [0.4, 0.5) is 0 Å². The van der Waals surface area contributed by atoms with Gasteiger partial charge in [0.1, 0.15) is 12.4 Å². The fraction of sp³-hybridized carbons (Fsp3) is 0.600. The van der Waals surface area contributed by atoms with E-state index in [9.17, 15) is 0 Å². The molecular weight excluding hydrogens is 260 g/mol. The van der Waals surface area contributed by atoms with Crippen molar-refractivity contribution in [1.82, 2.24) is 4.90 Å². The summed E-state index contributed by atoms with van der Waals surface area (Å²) in [7, 11) is 0. The van der Waals surface area contributed by atoms with Gasteiger partial charge in [0.25, 0.3) is 0 Å². The fourth-order valence-corrected chi connectivity index (χ4v) is 2.26. The van der Waals surface area contributed by atoms with Crippen LogP contribution < -0.4 is 10.5 Å². The monoisotopic (exact) mass is 284 g/mol. The zero-order chi connectivity index (χ0) is 14.3. The highest BCUT2D eigenvalue weighted by molar-refractivity contribution is 6.31. The van der Waals surface area contributed by atoms with Crippen LogP contribution >= 0.6 is 11.6 Å². The average Bonchev–Trinajstić information content (AvgIpc) is 2.38. The Labute approximate surface area is 121 Å². The van der Waals surface area contributed by atoms with Gasteiger partial charge >= 0.3 is 0 Å². The van der Waals surface area contributed by atoms with Crippen molar-refractivity contribution in [1.29, 1.82) is 0 Å². The van der Waals surface area contributed by atoms with E-state index in [2.05, 4.69) is 18.7 Å². The van der Waals surface area contributed by atoms with Crippen LogP contribution in [-0.2, 0) is 6.42 Å². The number of halogens is 1. The minimum atomic E-state index is 0.0741. The average molecular weight is 285 g/mol. The first-order chi connectivity index (χ1) is 9.08. The molecule has 0 amide bonds.